The van der Waals surface area contributed by atoms with Crippen molar-refractivity contribution < 1.29 is 14.3 Å². The van der Waals surface area contributed by atoms with E-state index < -0.39 is 0 Å². The van der Waals surface area contributed by atoms with Gasteiger partial charge in [-0.25, -0.2) is 0 Å². The summed E-state index contributed by atoms with van der Waals surface area (Å²) >= 11 is 6.04. The Kier molecular flexibility index (Phi) is 5.88. The minimum absolute atomic E-state index is 0.138. The summed E-state index contributed by atoms with van der Waals surface area (Å²) in [6.07, 6.45) is 0. The van der Waals surface area contributed by atoms with Crippen LogP contribution in [-0.2, 0) is 0 Å². The van der Waals surface area contributed by atoms with E-state index in [4.69, 9.17) is 21.1 Å². The lowest BCUT2D eigenvalue weighted by atomic mass is 10.1. The number of carbonyl (C=O) groups excluding carboxylic acids is 1. The predicted octanol–water partition coefficient (Wildman–Crippen LogP) is 3.77. The Balaban J connectivity index is 1.82. The van der Waals surface area contributed by atoms with Gasteiger partial charge in [0.1, 0.15) is 18.1 Å². The van der Waals surface area contributed by atoms with E-state index in [0.29, 0.717) is 29.5 Å². The number of methoxy groups -OCH3 is 1. The normalized spacial score (nSPS) is 10.3. The lowest BCUT2D eigenvalue weighted by Crippen LogP contribution is -2.28. The lowest BCUT2D eigenvalue weighted by Gasteiger charge is -2.10. The SMILES string of the molecule is COc1ccc(C(=O)NCCOc2ccc(C)c(Cl)c2)cc1C. The van der Waals surface area contributed by atoms with Crippen molar-refractivity contribution in [2.45, 2.75) is 13.8 Å². The van der Waals surface area contributed by atoms with Crippen molar-refractivity contribution in [3.8, 4) is 11.5 Å². The van der Waals surface area contributed by atoms with Crippen LogP contribution in [0.5, 0.6) is 11.5 Å². The number of hydrogen-bond donors (Lipinski definition) is 1. The van der Waals surface area contributed by atoms with Crippen LogP contribution in [0.25, 0.3) is 0 Å². The fourth-order valence-corrected chi connectivity index (χ4v) is 2.29. The van der Waals surface area contributed by atoms with Gasteiger partial charge in [0.25, 0.3) is 5.91 Å². The molecule has 2 aromatic carbocycles. The van der Waals surface area contributed by atoms with Crippen molar-refractivity contribution in [3.05, 3.63) is 58.1 Å². The van der Waals surface area contributed by atoms with Crippen LogP contribution in [-0.4, -0.2) is 26.2 Å². The van der Waals surface area contributed by atoms with E-state index in [1.165, 1.54) is 0 Å². The van der Waals surface area contributed by atoms with Gasteiger partial charge >= 0.3 is 0 Å². The molecule has 0 fully saturated rings. The molecule has 0 spiro atoms. The van der Waals surface area contributed by atoms with Gasteiger partial charge in [-0.15, -0.1) is 0 Å². The summed E-state index contributed by atoms with van der Waals surface area (Å²) in [5, 5.41) is 3.49. The monoisotopic (exact) mass is 333 g/mol. The molecule has 0 unspecified atom stereocenters. The van der Waals surface area contributed by atoms with Gasteiger partial charge in [0.05, 0.1) is 13.7 Å². The minimum Gasteiger partial charge on any atom is -0.496 e. The second-order valence-corrected chi connectivity index (χ2v) is 5.61. The number of benzene rings is 2. The fraction of sp³-hybridized carbons (Fsp3) is 0.278. The highest BCUT2D eigenvalue weighted by Crippen LogP contribution is 2.21. The first-order chi connectivity index (χ1) is 11.0. The average Bonchev–Trinajstić information content (AvgIpc) is 2.54. The van der Waals surface area contributed by atoms with Crippen LogP contribution in [0.4, 0.5) is 0 Å². The van der Waals surface area contributed by atoms with Gasteiger partial charge in [-0.2, -0.15) is 0 Å². The maximum absolute atomic E-state index is 12.1. The summed E-state index contributed by atoms with van der Waals surface area (Å²) in [7, 11) is 1.61. The average molecular weight is 334 g/mol. The Morgan fingerprint density at radius 1 is 1.13 bits per heavy atom. The Morgan fingerprint density at radius 3 is 2.57 bits per heavy atom. The first kappa shape index (κ1) is 17.2. The van der Waals surface area contributed by atoms with E-state index in [2.05, 4.69) is 5.32 Å². The molecule has 0 aliphatic carbocycles. The molecule has 0 heterocycles. The molecule has 23 heavy (non-hydrogen) atoms. The van der Waals surface area contributed by atoms with Crippen molar-refractivity contribution in [1.29, 1.82) is 0 Å². The first-order valence-electron chi connectivity index (χ1n) is 7.33. The van der Waals surface area contributed by atoms with Crippen LogP contribution in [0.15, 0.2) is 36.4 Å². The van der Waals surface area contributed by atoms with Crippen LogP contribution in [0, 0.1) is 13.8 Å². The summed E-state index contributed by atoms with van der Waals surface area (Å²) in [6, 6.07) is 10.9. The molecule has 0 atom stereocenters. The molecule has 0 radical (unpaired) electrons. The molecular weight excluding hydrogens is 314 g/mol. The van der Waals surface area contributed by atoms with Crippen LogP contribution in [0.2, 0.25) is 5.02 Å². The Morgan fingerprint density at radius 2 is 1.91 bits per heavy atom. The Hall–Kier alpha value is -2.20. The molecule has 0 saturated carbocycles. The number of ether oxygens (including phenoxy) is 2. The third-order valence-corrected chi connectivity index (χ3v) is 3.86. The van der Waals surface area contributed by atoms with E-state index in [1.54, 1.807) is 31.4 Å². The van der Waals surface area contributed by atoms with E-state index in [0.717, 1.165) is 16.9 Å². The number of nitrogens with one attached hydrogen (secondary N) is 1. The maximum atomic E-state index is 12.1. The minimum atomic E-state index is -0.138. The van der Waals surface area contributed by atoms with Gasteiger partial charge in [0.2, 0.25) is 0 Å². The predicted molar refractivity (Wildman–Crippen MR) is 91.7 cm³/mol. The molecule has 5 heteroatoms. The van der Waals surface area contributed by atoms with E-state index >= 15 is 0 Å². The molecule has 1 amide bonds. The smallest absolute Gasteiger partial charge is 0.251 e. The topological polar surface area (TPSA) is 47.6 Å². The molecule has 0 saturated heterocycles. The van der Waals surface area contributed by atoms with Gasteiger partial charge in [-0.1, -0.05) is 17.7 Å². The number of hydrogen-bond acceptors (Lipinski definition) is 3. The fourth-order valence-electron chi connectivity index (χ4n) is 2.12. The molecule has 0 aliphatic rings. The van der Waals surface area contributed by atoms with Crippen LogP contribution in [0.3, 0.4) is 0 Å². The van der Waals surface area contributed by atoms with Crippen molar-refractivity contribution in [2.24, 2.45) is 0 Å². The Bertz CT molecular complexity index is 701. The molecular formula is C18H20ClNO3. The Labute approximate surface area is 141 Å². The quantitative estimate of drug-likeness (QED) is 0.818. The van der Waals surface area contributed by atoms with Crippen LogP contribution < -0.4 is 14.8 Å². The van der Waals surface area contributed by atoms with Gasteiger partial charge in [-0.3, -0.25) is 4.79 Å². The number of aryl methyl sites for hydroxylation is 2. The lowest BCUT2D eigenvalue weighted by molar-refractivity contribution is 0.0947. The zero-order valence-corrected chi connectivity index (χ0v) is 14.2. The standard InChI is InChI=1S/C18H20ClNO3/c1-12-4-6-15(11-16(12)19)23-9-8-20-18(21)14-5-7-17(22-3)13(2)10-14/h4-7,10-11H,8-9H2,1-3H3,(H,20,21). The summed E-state index contributed by atoms with van der Waals surface area (Å²) in [5.74, 6) is 1.32. The van der Waals surface area contributed by atoms with E-state index in [1.807, 2.05) is 26.0 Å². The summed E-state index contributed by atoms with van der Waals surface area (Å²) in [6.45, 7) is 4.62. The zero-order valence-electron chi connectivity index (χ0n) is 13.5. The van der Waals surface area contributed by atoms with Crippen molar-refractivity contribution in [2.75, 3.05) is 20.3 Å². The summed E-state index contributed by atoms with van der Waals surface area (Å²) in [4.78, 5) is 12.1. The third-order valence-electron chi connectivity index (χ3n) is 3.46. The highest BCUT2D eigenvalue weighted by molar-refractivity contribution is 6.31. The van der Waals surface area contributed by atoms with Crippen LogP contribution >= 0.6 is 11.6 Å². The highest BCUT2D eigenvalue weighted by atomic mass is 35.5. The second-order valence-electron chi connectivity index (χ2n) is 5.20. The van der Waals surface area contributed by atoms with E-state index in [9.17, 15) is 4.79 Å². The maximum Gasteiger partial charge on any atom is 0.251 e. The molecule has 2 aromatic rings. The molecule has 0 aliphatic heterocycles. The molecule has 0 bridgehead atoms. The molecule has 4 nitrogen and oxygen atoms in total. The number of amides is 1. The van der Waals surface area contributed by atoms with Gasteiger partial charge in [0, 0.05) is 10.6 Å². The van der Waals surface area contributed by atoms with Gasteiger partial charge in [0.15, 0.2) is 0 Å². The second kappa shape index (κ2) is 7.88. The summed E-state index contributed by atoms with van der Waals surface area (Å²) in [5.41, 5.74) is 2.52. The summed E-state index contributed by atoms with van der Waals surface area (Å²) < 4.78 is 10.8. The molecule has 0 aromatic heterocycles. The molecule has 1 N–H and O–H groups in total. The van der Waals surface area contributed by atoms with Gasteiger partial charge < -0.3 is 14.8 Å². The number of carbonyl (C=O) groups is 1. The molecule has 122 valence electrons. The van der Waals surface area contributed by atoms with Crippen LogP contribution in [0.1, 0.15) is 21.5 Å². The highest BCUT2D eigenvalue weighted by Gasteiger charge is 2.07. The van der Waals surface area contributed by atoms with Crippen molar-refractivity contribution in [3.63, 3.8) is 0 Å². The zero-order chi connectivity index (χ0) is 16.8. The van der Waals surface area contributed by atoms with E-state index in [-0.39, 0.29) is 5.91 Å². The first-order valence-corrected chi connectivity index (χ1v) is 7.71. The number of rotatable bonds is 6. The van der Waals surface area contributed by atoms with Gasteiger partial charge in [-0.05, 0) is 55.3 Å². The van der Waals surface area contributed by atoms with Crippen molar-refractivity contribution in [1.82, 2.24) is 5.32 Å². The van der Waals surface area contributed by atoms with Crippen molar-refractivity contribution >= 4 is 17.5 Å². The largest absolute Gasteiger partial charge is 0.496 e. The number of halogens is 1. The molecule has 2 rings (SSSR count). The third kappa shape index (κ3) is 4.63.